The Morgan fingerprint density at radius 2 is 1.67 bits per heavy atom. The van der Waals surface area contributed by atoms with E-state index in [0.29, 0.717) is 0 Å². The van der Waals surface area contributed by atoms with Crippen molar-refractivity contribution in [3.63, 3.8) is 0 Å². The fourth-order valence-electron chi connectivity index (χ4n) is 0.988. The average molecular weight is 182 g/mol. The first-order valence-electron chi connectivity index (χ1n) is 4.85. The molecule has 0 aromatic rings. The molecule has 0 aromatic carbocycles. The third-order valence-electron chi connectivity index (χ3n) is 1.65. The van der Waals surface area contributed by atoms with Gasteiger partial charge in [-0.25, -0.2) is 0 Å². The summed E-state index contributed by atoms with van der Waals surface area (Å²) < 4.78 is 0. The molecule has 0 rings (SSSR count). The second-order valence-electron chi connectivity index (χ2n) is 4.34. The highest BCUT2D eigenvalue weighted by Crippen LogP contribution is 2.05. The minimum atomic E-state index is -0.926. The Morgan fingerprint density at radius 3 is 2.17 bits per heavy atom. The second kappa shape index (κ2) is 6.24. The van der Waals surface area contributed by atoms with Gasteiger partial charge >= 0.3 is 0 Å². The maximum atomic E-state index is 3.71. The highest BCUT2D eigenvalue weighted by atomic mass is 28.3. The van der Waals surface area contributed by atoms with Crippen LogP contribution < -0.4 is 0 Å². The summed E-state index contributed by atoms with van der Waals surface area (Å²) in [4.78, 5) is 0. The molecule has 0 unspecified atom stereocenters. The van der Waals surface area contributed by atoms with Gasteiger partial charge in [-0.15, -0.1) is 6.58 Å². The van der Waals surface area contributed by atoms with Crippen molar-refractivity contribution in [1.82, 2.24) is 0 Å². The summed E-state index contributed by atoms with van der Waals surface area (Å²) in [6.45, 7) is 10.8. The summed E-state index contributed by atoms with van der Waals surface area (Å²) in [6, 6.07) is 0. The molecule has 0 N–H and O–H groups in total. The van der Waals surface area contributed by atoms with Crippen LogP contribution in [0.1, 0.15) is 25.7 Å². The molecule has 0 amide bonds. The first kappa shape index (κ1) is 11.7. The molecule has 0 fully saturated rings. The molecule has 0 atom stereocenters. The molecule has 0 heterocycles. The average Bonchev–Trinajstić information content (AvgIpc) is 1.94. The predicted molar refractivity (Wildman–Crippen MR) is 61.2 cm³/mol. The molecular weight excluding hydrogens is 160 g/mol. The van der Waals surface area contributed by atoms with E-state index in [0.717, 1.165) is 0 Å². The van der Waals surface area contributed by atoms with Crippen LogP contribution in [0.25, 0.3) is 0 Å². The van der Waals surface area contributed by atoms with Gasteiger partial charge in [0, 0.05) is 0 Å². The van der Waals surface area contributed by atoms with Gasteiger partial charge in [-0.3, -0.25) is 0 Å². The minimum Gasteiger partial charge on any atom is -0.103 e. The van der Waals surface area contributed by atoms with E-state index in [2.05, 4.69) is 38.0 Å². The van der Waals surface area contributed by atoms with E-state index in [4.69, 9.17) is 0 Å². The first-order valence-corrected chi connectivity index (χ1v) is 8.42. The van der Waals surface area contributed by atoms with Crippen LogP contribution in [0.4, 0.5) is 0 Å². The van der Waals surface area contributed by atoms with E-state index in [1.54, 1.807) is 0 Å². The Bertz CT molecular complexity index is 140. The zero-order chi connectivity index (χ0) is 9.45. The third-order valence-corrected chi connectivity index (χ3v) is 2.88. The lowest BCUT2D eigenvalue weighted by atomic mass is 10.2. The molecule has 0 spiro atoms. The standard InChI is InChI=1S/C11H22Si/c1-5-6-7-8-9-10-11-12(2,3)4/h5,10-11H,1,6-9H2,2-4H3. The number of unbranched alkanes of at least 4 members (excludes halogenated alkanes) is 3. The number of allylic oxidation sites excluding steroid dienone is 2. The van der Waals surface area contributed by atoms with E-state index >= 15 is 0 Å². The van der Waals surface area contributed by atoms with Crippen LogP contribution in [0.2, 0.25) is 19.6 Å². The molecule has 0 bridgehead atoms. The van der Waals surface area contributed by atoms with Crippen LogP contribution in [0.15, 0.2) is 24.4 Å². The maximum absolute atomic E-state index is 3.71. The lowest BCUT2D eigenvalue weighted by Crippen LogP contribution is -2.15. The van der Waals surface area contributed by atoms with Gasteiger partial charge in [-0.05, 0) is 25.7 Å². The Morgan fingerprint density at radius 1 is 1.08 bits per heavy atom. The summed E-state index contributed by atoms with van der Waals surface area (Å²) in [6.07, 6.45) is 9.38. The monoisotopic (exact) mass is 182 g/mol. The highest BCUT2D eigenvalue weighted by Gasteiger charge is 2.05. The minimum absolute atomic E-state index is 0.926. The van der Waals surface area contributed by atoms with Gasteiger partial charge in [-0.2, -0.15) is 0 Å². The molecule has 12 heavy (non-hydrogen) atoms. The van der Waals surface area contributed by atoms with Gasteiger partial charge in [0.25, 0.3) is 0 Å². The number of rotatable bonds is 6. The maximum Gasteiger partial charge on any atom is 0.0682 e. The van der Waals surface area contributed by atoms with Crippen molar-refractivity contribution in [3.8, 4) is 0 Å². The van der Waals surface area contributed by atoms with Gasteiger partial charge in [-0.1, -0.05) is 37.5 Å². The van der Waals surface area contributed by atoms with Crippen molar-refractivity contribution in [2.24, 2.45) is 0 Å². The molecule has 0 aliphatic heterocycles. The Balaban J connectivity index is 3.30. The van der Waals surface area contributed by atoms with Gasteiger partial charge in [0.05, 0.1) is 8.07 Å². The summed E-state index contributed by atoms with van der Waals surface area (Å²) in [5.74, 6) is 0. The number of hydrogen-bond acceptors (Lipinski definition) is 0. The lowest BCUT2D eigenvalue weighted by molar-refractivity contribution is 0.763. The largest absolute Gasteiger partial charge is 0.103 e. The van der Waals surface area contributed by atoms with Crippen molar-refractivity contribution in [2.45, 2.75) is 45.3 Å². The Kier molecular flexibility index (Phi) is 6.08. The SMILES string of the molecule is C=CCCCCC=C[Si](C)(C)C. The van der Waals surface area contributed by atoms with Gasteiger partial charge in [0.2, 0.25) is 0 Å². The third kappa shape index (κ3) is 9.70. The quantitative estimate of drug-likeness (QED) is 0.329. The zero-order valence-corrected chi connectivity index (χ0v) is 9.77. The van der Waals surface area contributed by atoms with Gasteiger partial charge in [0.1, 0.15) is 0 Å². The summed E-state index contributed by atoms with van der Waals surface area (Å²) in [7, 11) is -0.926. The predicted octanol–water partition coefficient (Wildman–Crippen LogP) is 4.17. The Hall–Kier alpha value is -0.303. The van der Waals surface area contributed by atoms with E-state index in [1.807, 2.05) is 6.08 Å². The van der Waals surface area contributed by atoms with E-state index < -0.39 is 8.07 Å². The van der Waals surface area contributed by atoms with Crippen molar-refractivity contribution >= 4 is 8.07 Å². The second-order valence-corrected chi connectivity index (χ2v) is 9.41. The van der Waals surface area contributed by atoms with E-state index in [1.165, 1.54) is 25.7 Å². The molecule has 0 nitrogen and oxygen atoms in total. The van der Waals surface area contributed by atoms with Gasteiger partial charge in [0.15, 0.2) is 0 Å². The topological polar surface area (TPSA) is 0 Å². The van der Waals surface area contributed by atoms with Crippen molar-refractivity contribution in [1.29, 1.82) is 0 Å². The summed E-state index contributed by atoms with van der Waals surface area (Å²) >= 11 is 0. The highest BCUT2D eigenvalue weighted by molar-refractivity contribution is 6.80. The normalized spacial score (nSPS) is 12.2. The van der Waals surface area contributed by atoms with Crippen LogP contribution >= 0.6 is 0 Å². The molecular formula is C11H22Si. The molecule has 0 saturated heterocycles. The van der Waals surface area contributed by atoms with Crippen molar-refractivity contribution in [2.75, 3.05) is 0 Å². The van der Waals surface area contributed by atoms with Crippen molar-refractivity contribution in [3.05, 3.63) is 24.4 Å². The Labute approximate surface area is 78.4 Å². The molecule has 70 valence electrons. The molecule has 1 heteroatoms. The van der Waals surface area contributed by atoms with Gasteiger partial charge < -0.3 is 0 Å². The molecule has 0 aliphatic carbocycles. The smallest absolute Gasteiger partial charge is 0.0682 e. The van der Waals surface area contributed by atoms with E-state index in [9.17, 15) is 0 Å². The zero-order valence-electron chi connectivity index (χ0n) is 8.77. The van der Waals surface area contributed by atoms with Crippen LogP contribution in [-0.4, -0.2) is 8.07 Å². The summed E-state index contributed by atoms with van der Waals surface area (Å²) in [5.41, 5.74) is 2.43. The first-order chi connectivity index (χ1) is 5.56. The van der Waals surface area contributed by atoms with E-state index in [-0.39, 0.29) is 0 Å². The molecule has 0 aliphatic rings. The lowest BCUT2D eigenvalue weighted by Gasteiger charge is -2.07. The molecule has 0 saturated carbocycles. The van der Waals surface area contributed by atoms with Crippen LogP contribution in [-0.2, 0) is 0 Å². The molecule has 0 radical (unpaired) electrons. The summed E-state index contributed by atoms with van der Waals surface area (Å²) in [5, 5.41) is 0. The molecule has 0 aromatic heterocycles. The fourth-order valence-corrected chi connectivity index (χ4v) is 1.86. The van der Waals surface area contributed by atoms with Crippen molar-refractivity contribution < 1.29 is 0 Å². The fraction of sp³-hybridized carbons (Fsp3) is 0.636. The van der Waals surface area contributed by atoms with Crippen LogP contribution in [0.5, 0.6) is 0 Å². The number of hydrogen-bond donors (Lipinski definition) is 0. The van der Waals surface area contributed by atoms with Crippen LogP contribution in [0.3, 0.4) is 0 Å². The van der Waals surface area contributed by atoms with Crippen LogP contribution in [0, 0.1) is 0 Å².